The predicted octanol–water partition coefficient (Wildman–Crippen LogP) is 3.42. The summed E-state index contributed by atoms with van der Waals surface area (Å²) in [6.45, 7) is 4.44. The van der Waals surface area contributed by atoms with E-state index in [1.54, 1.807) is 11.3 Å². The van der Waals surface area contributed by atoms with Crippen molar-refractivity contribution in [3.8, 4) is 0 Å². The zero-order chi connectivity index (χ0) is 16.1. The number of amides is 2. The van der Waals surface area contributed by atoms with E-state index in [-0.39, 0.29) is 12.1 Å². The van der Waals surface area contributed by atoms with Gasteiger partial charge in [0.25, 0.3) is 0 Å². The lowest BCUT2D eigenvalue weighted by Gasteiger charge is -2.34. The Labute approximate surface area is 141 Å². The maximum atomic E-state index is 12.5. The monoisotopic (exact) mass is 335 g/mol. The molecule has 2 heterocycles. The molecule has 1 fully saturated rings. The Morgan fingerprint density at radius 1 is 1.52 bits per heavy atom. The maximum Gasteiger partial charge on any atom is 0.318 e. The Kier molecular flexibility index (Phi) is 5.67. The van der Waals surface area contributed by atoms with Gasteiger partial charge in [0.1, 0.15) is 11.0 Å². The van der Waals surface area contributed by atoms with E-state index < -0.39 is 0 Å². The van der Waals surface area contributed by atoms with Crippen molar-refractivity contribution in [1.29, 1.82) is 0 Å². The highest BCUT2D eigenvalue weighted by atomic mass is 32.1. The molecule has 1 aromatic rings. The maximum absolute atomic E-state index is 12.5. The Balaban J connectivity index is 1.54. The summed E-state index contributed by atoms with van der Waals surface area (Å²) < 4.78 is 5.56. The molecule has 5 nitrogen and oxygen atoms in total. The van der Waals surface area contributed by atoms with Gasteiger partial charge < -0.3 is 15.0 Å². The van der Waals surface area contributed by atoms with E-state index in [9.17, 15) is 4.79 Å². The zero-order valence-electron chi connectivity index (χ0n) is 13.7. The molecule has 2 aliphatic rings. The number of hydrogen-bond donors (Lipinski definition) is 1. The molecule has 1 N–H and O–H groups in total. The topological polar surface area (TPSA) is 54.5 Å². The third-order valence-electron chi connectivity index (χ3n) is 4.42. The minimum Gasteiger partial charge on any atom is -0.377 e. The smallest absolute Gasteiger partial charge is 0.318 e. The number of rotatable bonds is 4. The van der Waals surface area contributed by atoms with Crippen LogP contribution in [0.3, 0.4) is 0 Å². The largest absolute Gasteiger partial charge is 0.377 e. The number of aryl methyl sites for hydroxylation is 1. The van der Waals surface area contributed by atoms with Crippen molar-refractivity contribution in [1.82, 2.24) is 15.2 Å². The van der Waals surface area contributed by atoms with Crippen LogP contribution in [0.15, 0.2) is 17.0 Å². The molecular weight excluding hydrogens is 310 g/mol. The summed E-state index contributed by atoms with van der Waals surface area (Å²) in [6, 6.07) is -0.0566. The average Bonchev–Trinajstić information content (AvgIpc) is 3.02. The number of ether oxygens (including phenoxy) is 1. The average molecular weight is 335 g/mol. The fraction of sp³-hybridized carbons (Fsp3) is 0.647. The van der Waals surface area contributed by atoms with Crippen molar-refractivity contribution in [2.75, 3.05) is 26.3 Å². The summed E-state index contributed by atoms with van der Waals surface area (Å²) in [4.78, 5) is 18.9. The first-order chi connectivity index (χ1) is 11.2. The fourth-order valence-corrected chi connectivity index (χ4v) is 4.03. The lowest BCUT2D eigenvalue weighted by atomic mass is 9.97. The molecule has 1 aromatic heterocycles. The number of morpholine rings is 1. The van der Waals surface area contributed by atoms with E-state index in [1.165, 1.54) is 31.3 Å². The lowest BCUT2D eigenvalue weighted by molar-refractivity contribution is 0.0116. The highest BCUT2D eigenvalue weighted by Crippen LogP contribution is 2.27. The van der Waals surface area contributed by atoms with Crippen LogP contribution < -0.4 is 5.32 Å². The molecule has 23 heavy (non-hydrogen) atoms. The SMILES string of the molecule is Cc1csc([C@@H]2COCCN2C(=O)NCCC2=CCCCC2)n1. The van der Waals surface area contributed by atoms with E-state index >= 15 is 0 Å². The Bertz CT molecular complexity index is 570. The van der Waals surface area contributed by atoms with Crippen molar-refractivity contribution in [3.63, 3.8) is 0 Å². The molecule has 0 saturated carbocycles. The Morgan fingerprint density at radius 2 is 2.43 bits per heavy atom. The molecule has 1 saturated heterocycles. The van der Waals surface area contributed by atoms with Gasteiger partial charge in [0, 0.05) is 24.2 Å². The second-order valence-electron chi connectivity index (χ2n) is 6.20. The summed E-state index contributed by atoms with van der Waals surface area (Å²) in [7, 11) is 0. The summed E-state index contributed by atoms with van der Waals surface area (Å²) in [6.07, 6.45) is 8.28. The third kappa shape index (κ3) is 4.32. The van der Waals surface area contributed by atoms with Crippen molar-refractivity contribution in [2.45, 2.75) is 45.1 Å². The summed E-state index contributed by atoms with van der Waals surface area (Å²) in [5.41, 5.74) is 2.49. The van der Waals surface area contributed by atoms with E-state index in [1.807, 2.05) is 17.2 Å². The number of nitrogens with one attached hydrogen (secondary N) is 1. The first kappa shape index (κ1) is 16.5. The second kappa shape index (κ2) is 7.93. The van der Waals surface area contributed by atoms with Crippen molar-refractivity contribution >= 4 is 17.4 Å². The number of carbonyl (C=O) groups excluding carboxylic acids is 1. The molecule has 1 aliphatic carbocycles. The van der Waals surface area contributed by atoms with Crippen LogP contribution in [0.5, 0.6) is 0 Å². The Morgan fingerprint density at radius 3 is 3.17 bits per heavy atom. The van der Waals surface area contributed by atoms with Crippen LogP contribution in [0.2, 0.25) is 0 Å². The molecule has 3 rings (SSSR count). The summed E-state index contributed by atoms with van der Waals surface area (Å²) >= 11 is 1.60. The number of hydrogen-bond acceptors (Lipinski definition) is 4. The van der Waals surface area contributed by atoms with Gasteiger partial charge in [0.15, 0.2) is 0 Å². The normalized spacial score (nSPS) is 21.9. The van der Waals surface area contributed by atoms with Gasteiger partial charge in [-0.1, -0.05) is 11.6 Å². The van der Waals surface area contributed by atoms with Crippen LogP contribution in [0, 0.1) is 6.92 Å². The molecule has 126 valence electrons. The van der Waals surface area contributed by atoms with Crippen LogP contribution in [0.1, 0.15) is 48.8 Å². The van der Waals surface area contributed by atoms with Crippen LogP contribution in [0.25, 0.3) is 0 Å². The van der Waals surface area contributed by atoms with Gasteiger partial charge >= 0.3 is 6.03 Å². The van der Waals surface area contributed by atoms with Gasteiger partial charge in [-0.25, -0.2) is 9.78 Å². The molecule has 0 unspecified atom stereocenters. The molecule has 0 spiro atoms. The molecule has 2 amide bonds. The molecule has 1 aliphatic heterocycles. The van der Waals surface area contributed by atoms with Gasteiger partial charge in [-0.15, -0.1) is 11.3 Å². The van der Waals surface area contributed by atoms with Crippen molar-refractivity contribution in [2.24, 2.45) is 0 Å². The van der Waals surface area contributed by atoms with E-state index in [0.29, 0.717) is 26.3 Å². The number of allylic oxidation sites excluding steroid dienone is 1. The number of thiazole rings is 1. The van der Waals surface area contributed by atoms with E-state index in [4.69, 9.17) is 4.74 Å². The molecule has 6 heteroatoms. The molecule has 0 radical (unpaired) electrons. The number of urea groups is 1. The molecule has 0 aromatic carbocycles. The number of nitrogens with zero attached hydrogens (tertiary/aromatic N) is 2. The summed E-state index contributed by atoms with van der Waals surface area (Å²) in [5.74, 6) is 0. The number of aromatic nitrogens is 1. The van der Waals surface area contributed by atoms with E-state index in [2.05, 4.69) is 16.4 Å². The standard InChI is InChI=1S/C17H25N3O2S/c1-13-12-23-16(19-13)15-11-22-10-9-20(15)17(21)18-8-7-14-5-3-2-4-6-14/h5,12,15H,2-4,6-11H2,1H3,(H,18,21)/t15-/m0/s1. The van der Waals surface area contributed by atoms with Gasteiger partial charge in [0.05, 0.1) is 13.2 Å². The highest BCUT2D eigenvalue weighted by Gasteiger charge is 2.30. The fourth-order valence-electron chi connectivity index (χ4n) is 3.14. The van der Waals surface area contributed by atoms with Crippen molar-refractivity contribution in [3.05, 3.63) is 27.7 Å². The second-order valence-corrected chi connectivity index (χ2v) is 7.09. The van der Waals surface area contributed by atoms with Crippen LogP contribution >= 0.6 is 11.3 Å². The quantitative estimate of drug-likeness (QED) is 0.858. The van der Waals surface area contributed by atoms with Gasteiger partial charge in [-0.05, 0) is 39.0 Å². The Hall–Kier alpha value is -1.40. The zero-order valence-corrected chi connectivity index (χ0v) is 14.5. The molecule has 1 atom stereocenters. The van der Waals surface area contributed by atoms with Gasteiger partial charge in [-0.3, -0.25) is 0 Å². The minimum atomic E-state index is -0.0589. The first-order valence-corrected chi connectivity index (χ1v) is 9.34. The van der Waals surface area contributed by atoms with Gasteiger partial charge in [0.2, 0.25) is 0 Å². The van der Waals surface area contributed by atoms with Gasteiger partial charge in [-0.2, -0.15) is 0 Å². The third-order valence-corrected chi connectivity index (χ3v) is 5.48. The predicted molar refractivity (Wildman–Crippen MR) is 91.7 cm³/mol. The summed E-state index contributed by atoms with van der Waals surface area (Å²) in [5, 5.41) is 6.06. The lowest BCUT2D eigenvalue weighted by Crippen LogP contribution is -2.48. The van der Waals surface area contributed by atoms with Crippen LogP contribution in [-0.2, 0) is 4.74 Å². The first-order valence-electron chi connectivity index (χ1n) is 8.46. The van der Waals surface area contributed by atoms with E-state index in [0.717, 1.165) is 17.1 Å². The molecular formula is C17H25N3O2S. The van der Waals surface area contributed by atoms with Crippen LogP contribution in [0.4, 0.5) is 4.79 Å². The number of carbonyl (C=O) groups is 1. The molecule has 0 bridgehead atoms. The minimum absolute atomic E-state index is 0.00237. The van der Waals surface area contributed by atoms with Crippen LogP contribution in [-0.4, -0.2) is 42.2 Å². The van der Waals surface area contributed by atoms with Crippen molar-refractivity contribution < 1.29 is 9.53 Å². The highest BCUT2D eigenvalue weighted by molar-refractivity contribution is 7.09.